The van der Waals surface area contributed by atoms with E-state index in [9.17, 15) is 0 Å². The second kappa shape index (κ2) is 7.64. The Balaban J connectivity index is 2.24. The SMILES string of the molecule is CCCCCC(C)(C)CNCC1(N)CCCC(C)C1. The van der Waals surface area contributed by atoms with Gasteiger partial charge >= 0.3 is 0 Å². The summed E-state index contributed by atoms with van der Waals surface area (Å²) < 4.78 is 0. The van der Waals surface area contributed by atoms with Crippen molar-refractivity contribution in [1.29, 1.82) is 0 Å². The molecule has 0 aromatic rings. The first kappa shape index (κ1) is 17.0. The fourth-order valence-electron chi connectivity index (χ4n) is 3.45. The molecule has 19 heavy (non-hydrogen) atoms. The van der Waals surface area contributed by atoms with Gasteiger partial charge in [-0.3, -0.25) is 0 Å². The van der Waals surface area contributed by atoms with Crippen LogP contribution in [-0.2, 0) is 0 Å². The van der Waals surface area contributed by atoms with Crippen molar-refractivity contribution in [1.82, 2.24) is 5.32 Å². The van der Waals surface area contributed by atoms with Crippen molar-refractivity contribution in [2.75, 3.05) is 13.1 Å². The zero-order chi connectivity index (χ0) is 14.4. The van der Waals surface area contributed by atoms with Crippen molar-refractivity contribution in [3.8, 4) is 0 Å². The van der Waals surface area contributed by atoms with Gasteiger partial charge in [0.25, 0.3) is 0 Å². The van der Waals surface area contributed by atoms with Gasteiger partial charge in [-0.05, 0) is 30.6 Å². The van der Waals surface area contributed by atoms with E-state index >= 15 is 0 Å². The van der Waals surface area contributed by atoms with Gasteiger partial charge in [0.1, 0.15) is 0 Å². The fourth-order valence-corrected chi connectivity index (χ4v) is 3.45. The summed E-state index contributed by atoms with van der Waals surface area (Å²) in [7, 11) is 0. The van der Waals surface area contributed by atoms with Gasteiger partial charge in [0, 0.05) is 18.6 Å². The molecule has 2 atom stereocenters. The fraction of sp³-hybridized carbons (Fsp3) is 1.00. The minimum atomic E-state index is 0.0527. The van der Waals surface area contributed by atoms with Gasteiger partial charge in [-0.25, -0.2) is 0 Å². The lowest BCUT2D eigenvalue weighted by atomic mass is 9.77. The Hall–Kier alpha value is -0.0800. The van der Waals surface area contributed by atoms with Crippen LogP contribution in [0.4, 0.5) is 0 Å². The lowest BCUT2D eigenvalue weighted by Crippen LogP contribution is -2.52. The minimum Gasteiger partial charge on any atom is -0.324 e. The standard InChI is InChI=1S/C17H36N2/c1-5-6-7-10-16(3,4)13-19-14-17(18)11-8-9-15(2)12-17/h15,19H,5-14,18H2,1-4H3. The van der Waals surface area contributed by atoms with Gasteiger partial charge < -0.3 is 11.1 Å². The molecule has 0 aromatic heterocycles. The normalized spacial score (nSPS) is 28.6. The summed E-state index contributed by atoms with van der Waals surface area (Å²) >= 11 is 0. The molecule has 0 aliphatic heterocycles. The van der Waals surface area contributed by atoms with Crippen molar-refractivity contribution in [3.05, 3.63) is 0 Å². The molecule has 0 aromatic carbocycles. The Morgan fingerprint density at radius 3 is 2.68 bits per heavy atom. The highest BCUT2D eigenvalue weighted by molar-refractivity contribution is 4.92. The van der Waals surface area contributed by atoms with Crippen LogP contribution in [0.25, 0.3) is 0 Å². The van der Waals surface area contributed by atoms with E-state index in [1.807, 2.05) is 0 Å². The maximum Gasteiger partial charge on any atom is 0.0283 e. The highest BCUT2D eigenvalue weighted by Crippen LogP contribution is 2.30. The van der Waals surface area contributed by atoms with Crippen LogP contribution in [0.3, 0.4) is 0 Å². The summed E-state index contributed by atoms with van der Waals surface area (Å²) in [6.45, 7) is 11.5. The molecule has 2 heteroatoms. The third kappa shape index (κ3) is 6.76. The minimum absolute atomic E-state index is 0.0527. The van der Waals surface area contributed by atoms with E-state index in [0.29, 0.717) is 5.41 Å². The molecule has 0 amide bonds. The molecule has 2 nitrogen and oxygen atoms in total. The molecule has 2 unspecified atom stereocenters. The lowest BCUT2D eigenvalue weighted by Gasteiger charge is -2.38. The smallest absolute Gasteiger partial charge is 0.0283 e. The van der Waals surface area contributed by atoms with Crippen LogP contribution in [0.2, 0.25) is 0 Å². The van der Waals surface area contributed by atoms with Gasteiger partial charge in [-0.15, -0.1) is 0 Å². The molecule has 1 rings (SSSR count). The average Bonchev–Trinajstić information content (AvgIpc) is 2.28. The number of hydrogen-bond donors (Lipinski definition) is 2. The maximum atomic E-state index is 6.54. The van der Waals surface area contributed by atoms with Crippen LogP contribution in [-0.4, -0.2) is 18.6 Å². The van der Waals surface area contributed by atoms with Crippen molar-refractivity contribution in [2.24, 2.45) is 17.1 Å². The zero-order valence-electron chi connectivity index (χ0n) is 13.7. The van der Waals surface area contributed by atoms with E-state index in [4.69, 9.17) is 5.73 Å². The van der Waals surface area contributed by atoms with E-state index in [1.54, 1.807) is 0 Å². The summed E-state index contributed by atoms with van der Waals surface area (Å²) in [4.78, 5) is 0. The molecule has 0 spiro atoms. The van der Waals surface area contributed by atoms with Crippen molar-refractivity contribution in [2.45, 2.75) is 84.6 Å². The quantitative estimate of drug-likeness (QED) is 0.651. The topological polar surface area (TPSA) is 38.0 Å². The summed E-state index contributed by atoms with van der Waals surface area (Å²) in [6, 6.07) is 0. The summed E-state index contributed by atoms with van der Waals surface area (Å²) in [5.41, 5.74) is 7.00. The van der Waals surface area contributed by atoms with E-state index in [1.165, 1.54) is 51.4 Å². The largest absolute Gasteiger partial charge is 0.324 e. The van der Waals surface area contributed by atoms with E-state index in [0.717, 1.165) is 19.0 Å². The predicted octanol–water partition coefficient (Wildman–Crippen LogP) is 4.09. The molecule has 3 N–H and O–H groups in total. The molecular weight excluding hydrogens is 232 g/mol. The summed E-state index contributed by atoms with van der Waals surface area (Å²) in [5, 5.41) is 3.66. The molecule has 0 saturated heterocycles. The summed E-state index contributed by atoms with van der Waals surface area (Å²) in [5.74, 6) is 0.804. The summed E-state index contributed by atoms with van der Waals surface area (Å²) in [6.07, 6.45) is 10.4. The van der Waals surface area contributed by atoms with Crippen LogP contribution in [0.1, 0.15) is 79.1 Å². The van der Waals surface area contributed by atoms with Crippen molar-refractivity contribution in [3.63, 3.8) is 0 Å². The Kier molecular flexibility index (Phi) is 6.82. The van der Waals surface area contributed by atoms with Gasteiger partial charge in [-0.1, -0.05) is 59.8 Å². The van der Waals surface area contributed by atoms with Gasteiger partial charge in [0.15, 0.2) is 0 Å². The van der Waals surface area contributed by atoms with Crippen LogP contribution >= 0.6 is 0 Å². The van der Waals surface area contributed by atoms with Crippen molar-refractivity contribution < 1.29 is 0 Å². The number of nitrogens with one attached hydrogen (secondary N) is 1. The molecule has 1 fully saturated rings. The molecule has 1 saturated carbocycles. The average molecular weight is 268 g/mol. The van der Waals surface area contributed by atoms with Gasteiger partial charge in [0.2, 0.25) is 0 Å². The van der Waals surface area contributed by atoms with Gasteiger partial charge in [0.05, 0.1) is 0 Å². The number of nitrogens with two attached hydrogens (primary N) is 1. The van der Waals surface area contributed by atoms with E-state index in [-0.39, 0.29) is 5.54 Å². The number of hydrogen-bond acceptors (Lipinski definition) is 2. The number of rotatable bonds is 8. The Morgan fingerprint density at radius 1 is 1.32 bits per heavy atom. The van der Waals surface area contributed by atoms with Crippen LogP contribution < -0.4 is 11.1 Å². The maximum absolute atomic E-state index is 6.54. The van der Waals surface area contributed by atoms with E-state index < -0.39 is 0 Å². The molecule has 0 heterocycles. The van der Waals surface area contributed by atoms with Gasteiger partial charge in [-0.2, -0.15) is 0 Å². The Morgan fingerprint density at radius 2 is 2.05 bits per heavy atom. The monoisotopic (exact) mass is 268 g/mol. The third-order valence-electron chi connectivity index (χ3n) is 4.66. The van der Waals surface area contributed by atoms with Crippen LogP contribution in [0.15, 0.2) is 0 Å². The highest BCUT2D eigenvalue weighted by atomic mass is 14.9. The molecule has 1 aliphatic carbocycles. The molecule has 0 bridgehead atoms. The third-order valence-corrected chi connectivity index (χ3v) is 4.66. The second-order valence-corrected chi connectivity index (χ2v) is 7.79. The second-order valence-electron chi connectivity index (χ2n) is 7.79. The van der Waals surface area contributed by atoms with Crippen LogP contribution in [0, 0.1) is 11.3 Å². The first-order valence-electron chi connectivity index (χ1n) is 8.36. The van der Waals surface area contributed by atoms with Crippen molar-refractivity contribution >= 4 is 0 Å². The zero-order valence-corrected chi connectivity index (χ0v) is 13.7. The lowest BCUT2D eigenvalue weighted by molar-refractivity contribution is 0.215. The molecule has 0 radical (unpaired) electrons. The van der Waals surface area contributed by atoms with E-state index in [2.05, 4.69) is 33.0 Å². The molecule has 114 valence electrons. The number of unbranched alkanes of at least 4 members (excludes halogenated alkanes) is 2. The predicted molar refractivity (Wildman–Crippen MR) is 85.3 cm³/mol. The highest BCUT2D eigenvalue weighted by Gasteiger charge is 2.31. The molecule has 1 aliphatic rings. The Labute approximate surface area is 120 Å². The molecular formula is C17H36N2. The van der Waals surface area contributed by atoms with Crippen LogP contribution in [0.5, 0.6) is 0 Å². The first-order chi connectivity index (χ1) is 8.87. The Bertz CT molecular complexity index is 250. The first-order valence-corrected chi connectivity index (χ1v) is 8.36.